The quantitative estimate of drug-likeness (QED) is 0.763. The molecule has 0 aliphatic heterocycles. The smallest absolute Gasteiger partial charge is 0.145 e. The van der Waals surface area contributed by atoms with Crippen LogP contribution in [0.1, 0.15) is 13.3 Å². The van der Waals surface area contributed by atoms with E-state index in [1.165, 1.54) is 0 Å². The Bertz CT molecular complexity index is 570. The molecule has 0 unspecified atom stereocenters. The van der Waals surface area contributed by atoms with Crippen LogP contribution in [0.15, 0.2) is 34.8 Å². The Labute approximate surface area is 131 Å². The fourth-order valence-corrected chi connectivity index (χ4v) is 2.44. The van der Waals surface area contributed by atoms with E-state index < -0.39 is 0 Å². The molecule has 0 atom stereocenters. The number of hydrogen-bond acceptors (Lipinski definition) is 2. The lowest BCUT2D eigenvalue weighted by Crippen LogP contribution is -2.03. The maximum atomic E-state index is 6.22. The van der Waals surface area contributed by atoms with Crippen LogP contribution in [0.3, 0.4) is 0 Å². The predicted molar refractivity (Wildman–Crippen MR) is 86.2 cm³/mol. The molecule has 0 aliphatic rings. The van der Waals surface area contributed by atoms with Gasteiger partial charge in [0.05, 0.1) is 15.7 Å². The highest BCUT2D eigenvalue weighted by Gasteiger charge is 2.10. The highest BCUT2D eigenvalue weighted by atomic mass is 79.9. The minimum Gasteiger partial charge on any atom is -0.369 e. The average Bonchev–Trinajstić information content (AvgIpc) is 2.39. The van der Waals surface area contributed by atoms with Gasteiger partial charge < -0.3 is 5.32 Å². The molecule has 2 rings (SSSR count). The monoisotopic (exact) mass is 358 g/mol. The Morgan fingerprint density at radius 3 is 2.47 bits per heavy atom. The molecule has 0 fully saturated rings. The van der Waals surface area contributed by atoms with Gasteiger partial charge in [-0.1, -0.05) is 58.2 Å². The topological polar surface area (TPSA) is 24.9 Å². The Hall–Kier alpha value is -0.770. The third-order valence-electron chi connectivity index (χ3n) is 2.59. The number of aromatic nitrogens is 1. The normalized spacial score (nSPS) is 10.5. The van der Waals surface area contributed by atoms with Crippen molar-refractivity contribution in [2.75, 3.05) is 11.9 Å². The molecule has 1 N–H and O–H groups in total. The summed E-state index contributed by atoms with van der Waals surface area (Å²) < 4.78 is 1.02. The minimum atomic E-state index is 0.541. The van der Waals surface area contributed by atoms with Crippen molar-refractivity contribution < 1.29 is 0 Å². The Kier molecular flexibility index (Phi) is 5.08. The molecule has 0 saturated heterocycles. The maximum Gasteiger partial charge on any atom is 0.145 e. The highest BCUT2D eigenvalue weighted by molar-refractivity contribution is 9.10. The summed E-state index contributed by atoms with van der Waals surface area (Å²) in [6, 6.07) is 9.58. The van der Waals surface area contributed by atoms with Gasteiger partial charge in [0.25, 0.3) is 0 Å². The molecule has 100 valence electrons. The molecule has 5 heteroatoms. The first-order valence-electron chi connectivity index (χ1n) is 5.97. The third-order valence-corrected chi connectivity index (χ3v) is 3.69. The maximum absolute atomic E-state index is 6.22. The third kappa shape index (κ3) is 3.62. The number of pyridine rings is 1. The molecular weight excluding hydrogens is 347 g/mol. The van der Waals surface area contributed by atoms with Gasteiger partial charge in [0.1, 0.15) is 5.82 Å². The zero-order chi connectivity index (χ0) is 13.8. The van der Waals surface area contributed by atoms with Gasteiger partial charge in [-0.25, -0.2) is 4.98 Å². The Morgan fingerprint density at radius 1 is 1.16 bits per heavy atom. The van der Waals surface area contributed by atoms with E-state index in [1.54, 1.807) is 6.07 Å². The molecule has 2 nitrogen and oxygen atoms in total. The number of anilines is 1. The summed E-state index contributed by atoms with van der Waals surface area (Å²) in [5.41, 5.74) is 1.70. The molecule has 1 heterocycles. The lowest BCUT2D eigenvalue weighted by molar-refractivity contribution is 0.970. The fraction of sp³-hybridized carbons (Fsp3) is 0.214. The minimum absolute atomic E-state index is 0.541. The molecule has 0 radical (unpaired) electrons. The summed E-state index contributed by atoms with van der Waals surface area (Å²) in [5, 5.41) is 4.29. The van der Waals surface area contributed by atoms with Gasteiger partial charge in [-0.3, -0.25) is 0 Å². The van der Waals surface area contributed by atoms with Crippen molar-refractivity contribution in [2.45, 2.75) is 13.3 Å². The number of hydrogen-bond donors (Lipinski definition) is 1. The van der Waals surface area contributed by atoms with E-state index in [4.69, 9.17) is 23.2 Å². The highest BCUT2D eigenvalue weighted by Crippen LogP contribution is 2.32. The van der Waals surface area contributed by atoms with Gasteiger partial charge in [0, 0.05) is 16.6 Å². The van der Waals surface area contributed by atoms with Crippen LogP contribution in [-0.2, 0) is 0 Å². The zero-order valence-corrected chi connectivity index (χ0v) is 13.5. The lowest BCUT2D eigenvalue weighted by Gasteiger charge is -2.10. The molecule has 1 aromatic carbocycles. The SMILES string of the molecule is CCCNc1nc(-c2ccc(Br)cc2)c(Cl)cc1Cl. The molecule has 2 aromatic rings. The number of rotatable bonds is 4. The largest absolute Gasteiger partial charge is 0.369 e. The summed E-state index contributed by atoms with van der Waals surface area (Å²) in [6.07, 6.45) is 1.01. The van der Waals surface area contributed by atoms with Crippen LogP contribution in [0.5, 0.6) is 0 Å². The van der Waals surface area contributed by atoms with E-state index >= 15 is 0 Å². The molecule has 0 aliphatic carbocycles. The van der Waals surface area contributed by atoms with Crippen LogP contribution in [-0.4, -0.2) is 11.5 Å². The molecule has 19 heavy (non-hydrogen) atoms. The van der Waals surface area contributed by atoms with Crippen LogP contribution >= 0.6 is 39.1 Å². The van der Waals surface area contributed by atoms with Crippen molar-refractivity contribution >= 4 is 44.9 Å². The van der Waals surface area contributed by atoms with Crippen LogP contribution in [0.25, 0.3) is 11.3 Å². The van der Waals surface area contributed by atoms with Gasteiger partial charge in [0.15, 0.2) is 0 Å². The summed E-state index contributed by atoms with van der Waals surface area (Å²) in [4.78, 5) is 4.52. The standard InChI is InChI=1S/C14H13BrCl2N2/c1-2-7-18-14-12(17)8-11(16)13(19-14)9-3-5-10(15)6-4-9/h3-6,8H,2,7H2,1H3,(H,18,19). The van der Waals surface area contributed by atoms with E-state index in [0.717, 1.165) is 28.7 Å². The number of nitrogens with one attached hydrogen (secondary N) is 1. The molecule has 0 bridgehead atoms. The summed E-state index contributed by atoms with van der Waals surface area (Å²) in [7, 11) is 0. The van der Waals surface area contributed by atoms with Crippen molar-refractivity contribution in [1.82, 2.24) is 4.98 Å². The van der Waals surface area contributed by atoms with Crippen LogP contribution in [0.4, 0.5) is 5.82 Å². The second-order valence-electron chi connectivity index (χ2n) is 4.08. The molecular formula is C14H13BrCl2N2. The van der Waals surface area contributed by atoms with E-state index in [2.05, 4.69) is 33.2 Å². The van der Waals surface area contributed by atoms with Crippen molar-refractivity contribution in [3.8, 4) is 11.3 Å². The van der Waals surface area contributed by atoms with Crippen molar-refractivity contribution in [1.29, 1.82) is 0 Å². The first kappa shape index (κ1) is 14.6. The van der Waals surface area contributed by atoms with Gasteiger partial charge in [-0.15, -0.1) is 0 Å². The van der Waals surface area contributed by atoms with Crippen LogP contribution in [0, 0.1) is 0 Å². The van der Waals surface area contributed by atoms with Gasteiger partial charge in [-0.2, -0.15) is 0 Å². The van der Waals surface area contributed by atoms with Gasteiger partial charge in [-0.05, 0) is 24.6 Å². The van der Waals surface area contributed by atoms with E-state index in [1.807, 2.05) is 24.3 Å². The fourth-order valence-electron chi connectivity index (χ4n) is 1.64. The van der Waals surface area contributed by atoms with Crippen molar-refractivity contribution in [3.63, 3.8) is 0 Å². The first-order chi connectivity index (χ1) is 9.11. The van der Waals surface area contributed by atoms with Crippen molar-refractivity contribution in [2.24, 2.45) is 0 Å². The number of nitrogens with zero attached hydrogens (tertiary/aromatic N) is 1. The van der Waals surface area contributed by atoms with Crippen molar-refractivity contribution in [3.05, 3.63) is 44.8 Å². The molecule has 0 saturated carbocycles. The van der Waals surface area contributed by atoms with Crippen LogP contribution in [0.2, 0.25) is 10.0 Å². The Balaban J connectivity index is 2.41. The zero-order valence-electron chi connectivity index (χ0n) is 10.4. The van der Waals surface area contributed by atoms with E-state index in [9.17, 15) is 0 Å². The van der Waals surface area contributed by atoms with Gasteiger partial charge in [0.2, 0.25) is 0 Å². The molecule has 0 spiro atoms. The predicted octanol–water partition coefficient (Wildman–Crippen LogP) is 5.64. The molecule has 0 amide bonds. The van der Waals surface area contributed by atoms with E-state index in [-0.39, 0.29) is 0 Å². The van der Waals surface area contributed by atoms with Gasteiger partial charge >= 0.3 is 0 Å². The number of halogens is 3. The summed E-state index contributed by atoms with van der Waals surface area (Å²) >= 11 is 15.8. The summed E-state index contributed by atoms with van der Waals surface area (Å²) in [6.45, 7) is 2.92. The Morgan fingerprint density at radius 2 is 1.84 bits per heavy atom. The number of benzene rings is 1. The second kappa shape index (κ2) is 6.60. The first-order valence-corrected chi connectivity index (χ1v) is 7.52. The second-order valence-corrected chi connectivity index (χ2v) is 5.81. The average molecular weight is 360 g/mol. The van der Waals surface area contributed by atoms with E-state index in [0.29, 0.717) is 15.9 Å². The van der Waals surface area contributed by atoms with Crippen LogP contribution < -0.4 is 5.32 Å². The molecule has 1 aromatic heterocycles. The lowest BCUT2D eigenvalue weighted by atomic mass is 10.1. The summed E-state index contributed by atoms with van der Waals surface area (Å²) in [5.74, 6) is 0.672.